The van der Waals surface area contributed by atoms with Crippen molar-refractivity contribution in [1.82, 2.24) is 54.3 Å². The highest BCUT2D eigenvalue weighted by molar-refractivity contribution is 8.77. The van der Waals surface area contributed by atoms with Gasteiger partial charge < -0.3 is 59.1 Å². The molecular weight excluding hydrogens is 1090 g/mol. The lowest BCUT2D eigenvalue weighted by Crippen LogP contribution is -2.49. The lowest BCUT2D eigenvalue weighted by molar-refractivity contribution is -0.147. The number of nitrogens with zero attached hydrogens (tertiary/aromatic N) is 10. The number of carbonyl (C=O) groups is 14. The molecule has 0 fully saturated rings. The number of Topliss-reactive ketones (excluding diaryl/α,β-unsaturated/α-hetero) is 2. The van der Waals surface area contributed by atoms with Crippen LogP contribution in [0, 0.1) is 11.8 Å². The lowest BCUT2D eigenvalue weighted by atomic mass is 10.0. The fourth-order valence-electron chi connectivity index (χ4n) is 6.62. The molecule has 1 N–H and O–H groups in total. The Kier molecular flexibility index (Phi) is 36.4. The van der Waals surface area contributed by atoms with Crippen molar-refractivity contribution in [3.8, 4) is 0 Å². The molecule has 0 saturated carbocycles. The second-order valence-electron chi connectivity index (χ2n) is 20.9. The van der Waals surface area contributed by atoms with Gasteiger partial charge in [0.05, 0.1) is 77.4 Å². The molecule has 0 aromatic carbocycles. The van der Waals surface area contributed by atoms with Gasteiger partial charge in [0.25, 0.3) is 0 Å². The third-order valence-corrected chi connectivity index (χ3v) is 15.8. The van der Waals surface area contributed by atoms with Gasteiger partial charge in [-0.15, -0.1) is 0 Å². The number of rotatable bonds is 36. The van der Waals surface area contributed by atoms with Crippen molar-refractivity contribution < 1.29 is 71.9 Å². The summed E-state index contributed by atoms with van der Waals surface area (Å²) >= 11 is 0. The zero-order chi connectivity index (χ0) is 61.9. The fourth-order valence-corrected chi connectivity index (χ4v) is 8.93. The summed E-state index contributed by atoms with van der Waals surface area (Å²) in [6.07, 6.45) is 1.60. The maximum absolute atomic E-state index is 13.0. The van der Waals surface area contributed by atoms with Crippen LogP contribution in [0.4, 0.5) is 0 Å². The molecule has 0 aromatic heterocycles. The van der Waals surface area contributed by atoms with Gasteiger partial charge in [0, 0.05) is 106 Å². The number of ether oxygens (including phenoxy) is 1. The van der Waals surface area contributed by atoms with Gasteiger partial charge >= 0.3 is 5.97 Å². The molecular formula is C53H93N11O15S2. The van der Waals surface area contributed by atoms with E-state index in [4.69, 9.17) is 4.74 Å². The summed E-state index contributed by atoms with van der Waals surface area (Å²) in [5.74, 6) is -7.25. The summed E-state index contributed by atoms with van der Waals surface area (Å²) < 4.78 is 5.27. The standard InChI is InChI=1S/C52H89N11O15S2.CH4/c1-34(2)51(76)38(7)53-40(65)23-54(8)42(67)25-56(10)44(69)27-58(12)46(71)29-60(14)48(73)31-62(16)50(75)32-63(17)49(74)30-61(15)47(72)28-59(13)45(70)26-57(11)43(68)24-55(9)41(66)20-18-19-39(64)22-21-36(5)79-80-37(6)33-78-52(77)35(3)4;/h34-38H,18-33H2,1-17H3,(H,53,65);1H4/t36?,37?,38-;/m0./s1. The van der Waals surface area contributed by atoms with E-state index < -0.39 is 117 Å². The average Bonchev–Trinajstić information content (AvgIpc) is 3.37. The molecule has 2 unspecified atom stereocenters. The average molecular weight is 1190 g/mol. The Labute approximate surface area is 487 Å². The first-order chi connectivity index (χ1) is 37.0. The third-order valence-electron chi connectivity index (χ3n) is 12.4. The number of ketones is 2. The maximum Gasteiger partial charge on any atom is 0.308 e. The largest absolute Gasteiger partial charge is 0.464 e. The molecule has 26 nitrogen and oxygen atoms in total. The number of hydrogen-bond acceptors (Lipinski definition) is 17. The van der Waals surface area contributed by atoms with E-state index >= 15 is 0 Å². The molecule has 81 heavy (non-hydrogen) atoms. The van der Waals surface area contributed by atoms with E-state index in [0.29, 0.717) is 25.9 Å². The van der Waals surface area contributed by atoms with Crippen LogP contribution in [0.25, 0.3) is 0 Å². The van der Waals surface area contributed by atoms with Crippen molar-refractivity contribution in [1.29, 1.82) is 0 Å². The van der Waals surface area contributed by atoms with Gasteiger partial charge in [-0.3, -0.25) is 67.1 Å². The number of hydrogen-bond donors (Lipinski definition) is 1. The maximum atomic E-state index is 13.0. The Morgan fingerprint density at radius 1 is 0.370 bits per heavy atom. The minimum Gasteiger partial charge on any atom is -0.464 e. The van der Waals surface area contributed by atoms with Gasteiger partial charge in [-0.1, -0.05) is 63.6 Å². The van der Waals surface area contributed by atoms with Crippen LogP contribution < -0.4 is 5.32 Å². The van der Waals surface area contributed by atoms with E-state index in [1.54, 1.807) is 56.2 Å². The van der Waals surface area contributed by atoms with Crippen LogP contribution in [-0.2, 0) is 71.9 Å². The third kappa shape index (κ3) is 30.9. The number of amides is 11. The normalized spacial score (nSPS) is 11.8. The predicted octanol–water partition coefficient (Wildman–Crippen LogP) is -0.187. The Bertz CT molecular complexity index is 2200. The molecule has 28 heteroatoms. The molecule has 462 valence electrons. The molecule has 0 aliphatic carbocycles. The van der Waals surface area contributed by atoms with Crippen molar-refractivity contribution in [2.24, 2.45) is 11.8 Å². The Morgan fingerprint density at radius 3 is 0.951 bits per heavy atom. The molecule has 0 bridgehead atoms. The molecule has 0 radical (unpaired) electrons. The first kappa shape index (κ1) is 76.7. The van der Waals surface area contributed by atoms with Crippen molar-refractivity contribution >= 4 is 104 Å². The molecule has 11 amide bonds. The molecule has 0 aliphatic heterocycles. The van der Waals surface area contributed by atoms with Crippen molar-refractivity contribution in [2.75, 3.05) is 143 Å². The van der Waals surface area contributed by atoms with Gasteiger partial charge in [-0.05, 0) is 26.7 Å². The monoisotopic (exact) mass is 1190 g/mol. The van der Waals surface area contributed by atoms with E-state index in [0.717, 1.165) is 44.1 Å². The highest BCUT2D eigenvalue weighted by Gasteiger charge is 2.28. The van der Waals surface area contributed by atoms with Crippen LogP contribution in [-0.4, -0.2) is 291 Å². The van der Waals surface area contributed by atoms with Gasteiger partial charge in [0.15, 0.2) is 5.78 Å². The van der Waals surface area contributed by atoms with Crippen LogP contribution in [0.15, 0.2) is 0 Å². The van der Waals surface area contributed by atoms with E-state index in [1.807, 2.05) is 13.8 Å². The Balaban J connectivity index is 0. The summed E-state index contributed by atoms with van der Waals surface area (Å²) in [7, 11) is 16.7. The second kappa shape index (κ2) is 38.4. The highest BCUT2D eigenvalue weighted by atomic mass is 33.1. The topological polar surface area (TPSA) is 293 Å². The molecule has 3 atom stereocenters. The Morgan fingerprint density at radius 2 is 0.654 bits per heavy atom. The summed E-state index contributed by atoms with van der Waals surface area (Å²) in [6, 6.07) is -0.740. The van der Waals surface area contributed by atoms with Crippen LogP contribution in [0.1, 0.15) is 88.0 Å². The predicted molar refractivity (Wildman–Crippen MR) is 309 cm³/mol. The first-order valence-electron chi connectivity index (χ1n) is 26.2. The fraction of sp³-hybridized carbons (Fsp3) is 0.736. The first-order valence-corrected chi connectivity index (χ1v) is 28.5. The van der Waals surface area contributed by atoms with E-state index in [-0.39, 0.29) is 79.1 Å². The van der Waals surface area contributed by atoms with Gasteiger partial charge in [0.1, 0.15) is 12.4 Å². The second-order valence-corrected chi connectivity index (χ2v) is 24.0. The van der Waals surface area contributed by atoms with E-state index in [2.05, 4.69) is 5.32 Å². The highest BCUT2D eigenvalue weighted by Crippen LogP contribution is 2.33. The molecule has 0 rings (SSSR count). The summed E-state index contributed by atoms with van der Waals surface area (Å²) in [5.41, 5.74) is 0. The van der Waals surface area contributed by atoms with E-state index in [9.17, 15) is 67.1 Å². The molecule has 0 aromatic rings. The number of esters is 1. The van der Waals surface area contributed by atoms with Crippen molar-refractivity contribution in [3.05, 3.63) is 0 Å². The minimum atomic E-state index is -0.740. The molecule has 0 aliphatic rings. The number of carbonyl (C=O) groups excluding carboxylic acids is 14. The minimum absolute atomic E-state index is 0. The van der Waals surface area contributed by atoms with Crippen LogP contribution >= 0.6 is 21.6 Å². The van der Waals surface area contributed by atoms with Crippen LogP contribution in [0.2, 0.25) is 0 Å². The quantitative estimate of drug-likeness (QED) is 0.0628. The number of likely N-dealkylation sites (N-methyl/N-ethyl adjacent to an activating group) is 10. The SMILES string of the molecule is C.CC(CCC(=O)CCCC(=O)N(C)CC(=O)N(C)CC(=O)N(C)CC(=O)N(C)CC(=O)N(C)CC(=O)N(C)CC(=O)N(C)CC(=O)N(C)CC(=O)N(C)CC(=O)N(C)CC(=O)N[C@@H](C)C(=O)C(C)C)SSC(C)COC(=O)C(C)C. The molecule has 0 saturated heterocycles. The van der Waals surface area contributed by atoms with E-state index in [1.165, 1.54) is 75.4 Å². The summed E-state index contributed by atoms with van der Waals surface area (Å²) in [5, 5.41) is 2.83. The van der Waals surface area contributed by atoms with Gasteiger partial charge in [-0.2, -0.15) is 0 Å². The van der Waals surface area contributed by atoms with Gasteiger partial charge in [-0.25, -0.2) is 0 Å². The molecule has 0 spiro atoms. The van der Waals surface area contributed by atoms with Crippen molar-refractivity contribution in [2.45, 2.75) is 105 Å². The zero-order valence-corrected chi connectivity index (χ0v) is 51.7. The molecule has 0 heterocycles. The zero-order valence-electron chi connectivity index (χ0n) is 50.1. The van der Waals surface area contributed by atoms with Crippen LogP contribution in [0.3, 0.4) is 0 Å². The lowest BCUT2D eigenvalue weighted by Gasteiger charge is -2.27. The Hall–Kier alpha value is -6.32. The van der Waals surface area contributed by atoms with Crippen molar-refractivity contribution in [3.63, 3.8) is 0 Å². The van der Waals surface area contributed by atoms with Crippen LogP contribution in [0.5, 0.6) is 0 Å². The summed E-state index contributed by atoms with van der Waals surface area (Å²) in [4.78, 5) is 189. The smallest absolute Gasteiger partial charge is 0.308 e. The summed E-state index contributed by atoms with van der Waals surface area (Å²) in [6.45, 7) is 8.54. The number of nitrogens with one attached hydrogen (secondary N) is 1. The van der Waals surface area contributed by atoms with Gasteiger partial charge in [0.2, 0.25) is 65.0 Å².